The molecule has 0 atom stereocenters. The molecule has 0 unspecified atom stereocenters. The van der Waals surface area contributed by atoms with Gasteiger partial charge in [-0.2, -0.15) is 10.2 Å². The van der Waals surface area contributed by atoms with Crippen molar-refractivity contribution < 1.29 is 13.9 Å². The SMILES string of the molecule is COc1ccc(N2CCN(c3oc(COc4c(C)cccc4C)nc3C#N)CC2)cc1. The molecule has 2 aromatic carbocycles. The summed E-state index contributed by atoms with van der Waals surface area (Å²) in [5.74, 6) is 2.61. The topological polar surface area (TPSA) is 74.8 Å². The number of para-hydroxylation sites is 1. The fraction of sp³-hybridized carbons (Fsp3) is 0.333. The zero-order valence-electron chi connectivity index (χ0n) is 18.1. The first-order chi connectivity index (χ1) is 15.1. The standard InChI is InChI=1S/C24H26N4O3/c1-17-5-4-6-18(2)23(17)30-16-22-26-21(15-25)24(31-22)28-13-11-27(12-14-28)19-7-9-20(29-3)10-8-19/h4-10H,11-14,16H2,1-3H3. The van der Waals surface area contributed by atoms with Gasteiger partial charge in [0.1, 0.15) is 17.6 Å². The molecule has 7 nitrogen and oxygen atoms in total. The van der Waals surface area contributed by atoms with Crippen LogP contribution in [0, 0.1) is 25.2 Å². The summed E-state index contributed by atoms with van der Waals surface area (Å²) < 4.78 is 17.1. The molecule has 1 aromatic heterocycles. The number of aryl methyl sites for hydroxylation is 2. The smallest absolute Gasteiger partial charge is 0.236 e. The predicted octanol–water partition coefficient (Wildman–Crippen LogP) is 4.08. The van der Waals surface area contributed by atoms with Crippen LogP contribution in [0.15, 0.2) is 46.9 Å². The van der Waals surface area contributed by atoms with E-state index in [9.17, 15) is 5.26 Å². The molecule has 4 rings (SSSR count). The van der Waals surface area contributed by atoms with E-state index in [4.69, 9.17) is 13.9 Å². The Labute approximate surface area is 182 Å². The number of oxazole rings is 1. The first-order valence-electron chi connectivity index (χ1n) is 10.3. The lowest BCUT2D eigenvalue weighted by atomic mass is 10.1. The van der Waals surface area contributed by atoms with Crippen LogP contribution in [0.3, 0.4) is 0 Å². The molecule has 0 radical (unpaired) electrons. The summed E-state index contributed by atoms with van der Waals surface area (Å²) in [7, 11) is 1.67. The number of piperazine rings is 1. The number of hydrogen-bond donors (Lipinski definition) is 0. The van der Waals surface area contributed by atoms with Crippen LogP contribution in [0.4, 0.5) is 11.6 Å². The maximum absolute atomic E-state index is 9.55. The van der Waals surface area contributed by atoms with E-state index >= 15 is 0 Å². The van der Waals surface area contributed by atoms with Crippen LogP contribution in [0.2, 0.25) is 0 Å². The van der Waals surface area contributed by atoms with Crippen molar-refractivity contribution in [3.05, 3.63) is 65.2 Å². The molecule has 0 aliphatic carbocycles. The Bertz CT molecular complexity index is 1060. The molecular formula is C24H26N4O3. The molecule has 160 valence electrons. The molecule has 3 aromatic rings. The minimum Gasteiger partial charge on any atom is -0.497 e. The van der Waals surface area contributed by atoms with Crippen molar-refractivity contribution in [1.29, 1.82) is 5.26 Å². The lowest BCUT2D eigenvalue weighted by molar-refractivity contribution is 0.260. The van der Waals surface area contributed by atoms with Crippen molar-refractivity contribution in [3.8, 4) is 17.6 Å². The quantitative estimate of drug-likeness (QED) is 0.597. The van der Waals surface area contributed by atoms with Gasteiger partial charge in [0.25, 0.3) is 0 Å². The van der Waals surface area contributed by atoms with Crippen molar-refractivity contribution in [2.45, 2.75) is 20.5 Å². The lowest BCUT2D eigenvalue weighted by Gasteiger charge is -2.35. The molecule has 1 aliphatic rings. The van der Waals surface area contributed by atoms with E-state index in [1.807, 2.05) is 44.2 Å². The highest BCUT2D eigenvalue weighted by Gasteiger charge is 2.24. The van der Waals surface area contributed by atoms with Gasteiger partial charge in [-0.1, -0.05) is 18.2 Å². The van der Waals surface area contributed by atoms with E-state index in [1.54, 1.807) is 7.11 Å². The van der Waals surface area contributed by atoms with Gasteiger partial charge in [0.15, 0.2) is 6.61 Å². The lowest BCUT2D eigenvalue weighted by Crippen LogP contribution is -2.46. The Morgan fingerprint density at radius 2 is 1.65 bits per heavy atom. The van der Waals surface area contributed by atoms with Gasteiger partial charge < -0.3 is 23.7 Å². The number of anilines is 2. The van der Waals surface area contributed by atoms with Gasteiger partial charge in [0.2, 0.25) is 17.5 Å². The van der Waals surface area contributed by atoms with Crippen LogP contribution in [-0.4, -0.2) is 38.3 Å². The van der Waals surface area contributed by atoms with E-state index in [0.717, 1.165) is 54.5 Å². The molecule has 0 N–H and O–H groups in total. The second-order valence-corrected chi connectivity index (χ2v) is 7.55. The highest BCUT2D eigenvalue weighted by molar-refractivity contribution is 5.53. The van der Waals surface area contributed by atoms with Crippen molar-refractivity contribution in [1.82, 2.24) is 4.98 Å². The summed E-state index contributed by atoms with van der Waals surface area (Å²) in [4.78, 5) is 8.74. The second kappa shape index (κ2) is 9.00. The average Bonchev–Trinajstić information content (AvgIpc) is 3.22. The largest absolute Gasteiger partial charge is 0.497 e. The van der Waals surface area contributed by atoms with Gasteiger partial charge in [-0.05, 0) is 49.2 Å². The summed E-state index contributed by atoms with van der Waals surface area (Å²) in [5.41, 5.74) is 3.57. The van der Waals surface area contributed by atoms with Crippen LogP contribution in [0.1, 0.15) is 22.7 Å². The summed E-state index contributed by atoms with van der Waals surface area (Å²) >= 11 is 0. The fourth-order valence-corrected chi connectivity index (χ4v) is 3.83. The van der Waals surface area contributed by atoms with E-state index in [-0.39, 0.29) is 6.61 Å². The van der Waals surface area contributed by atoms with Gasteiger partial charge >= 0.3 is 0 Å². The molecule has 7 heteroatoms. The van der Waals surface area contributed by atoms with Gasteiger partial charge in [-0.25, -0.2) is 0 Å². The molecule has 2 heterocycles. The number of hydrogen-bond acceptors (Lipinski definition) is 7. The number of nitriles is 1. The third-order valence-electron chi connectivity index (χ3n) is 5.51. The molecule has 0 bridgehead atoms. The highest BCUT2D eigenvalue weighted by Crippen LogP contribution is 2.28. The minimum absolute atomic E-state index is 0.187. The van der Waals surface area contributed by atoms with Gasteiger partial charge in [-0.3, -0.25) is 0 Å². The van der Waals surface area contributed by atoms with Gasteiger partial charge in [0.05, 0.1) is 7.11 Å². The normalized spacial score (nSPS) is 13.7. The number of nitrogens with zero attached hydrogens (tertiary/aromatic N) is 4. The Hall–Kier alpha value is -3.66. The number of ether oxygens (including phenoxy) is 2. The van der Waals surface area contributed by atoms with Crippen molar-refractivity contribution in [3.63, 3.8) is 0 Å². The van der Waals surface area contributed by atoms with Gasteiger partial charge in [-0.15, -0.1) is 0 Å². The van der Waals surface area contributed by atoms with Crippen LogP contribution in [-0.2, 0) is 6.61 Å². The average molecular weight is 418 g/mol. The van der Waals surface area contributed by atoms with E-state index in [0.29, 0.717) is 17.5 Å². The molecule has 0 saturated carbocycles. The zero-order valence-corrected chi connectivity index (χ0v) is 18.1. The zero-order chi connectivity index (χ0) is 21.8. The minimum atomic E-state index is 0.187. The van der Waals surface area contributed by atoms with Crippen molar-refractivity contribution in [2.75, 3.05) is 43.1 Å². The Morgan fingerprint density at radius 1 is 1.00 bits per heavy atom. The van der Waals surface area contributed by atoms with Crippen LogP contribution in [0.5, 0.6) is 11.5 Å². The number of rotatable bonds is 6. The molecular weight excluding hydrogens is 392 g/mol. The van der Waals surface area contributed by atoms with E-state index < -0.39 is 0 Å². The van der Waals surface area contributed by atoms with Crippen LogP contribution < -0.4 is 19.3 Å². The van der Waals surface area contributed by atoms with Gasteiger partial charge in [0, 0.05) is 31.9 Å². The Kier molecular flexibility index (Phi) is 5.99. The predicted molar refractivity (Wildman–Crippen MR) is 119 cm³/mol. The van der Waals surface area contributed by atoms with Crippen molar-refractivity contribution >= 4 is 11.6 Å². The monoisotopic (exact) mass is 418 g/mol. The Balaban J connectivity index is 1.42. The molecule has 31 heavy (non-hydrogen) atoms. The maximum atomic E-state index is 9.55. The third-order valence-corrected chi connectivity index (χ3v) is 5.51. The summed E-state index contributed by atoms with van der Waals surface area (Å²) in [5, 5.41) is 9.55. The molecule has 0 spiro atoms. The first kappa shape index (κ1) is 20.6. The summed E-state index contributed by atoms with van der Waals surface area (Å²) in [6, 6.07) is 16.2. The highest BCUT2D eigenvalue weighted by atomic mass is 16.5. The Morgan fingerprint density at radius 3 is 2.26 bits per heavy atom. The second-order valence-electron chi connectivity index (χ2n) is 7.55. The van der Waals surface area contributed by atoms with Crippen molar-refractivity contribution in [2.24, 2.45) is 0 Å². The molecule has 1 saturated heterocycles. The molecule has 1 fully saturated rings. The van der Waals surface area contributed by atoms with Crippen LogP contribution >= 0.6 is 0 Å². The maximum Gasteiger partial charge on any atom is 0.236 e. The summed E-state index contributed by atoms with van der Waals surface area (Å²) in [6.45, 7) is 7.34. The molecule has 1 aliphatic heterocycles. The summed E-state index contributed by atoms with van der Waals surface area (Å²) in [6.07, 6.45) is 0. The first-order valence-corrected chi connectivity index (χ1v) is 10.3. The van der Waals surface area contributed by atoms with Crippen LogP contribution in [0.25, 0.3) is 0 Å². The number of aromatic nitrogens is 1. The van der Waals surface area contributed by atoms with E-state index in [2.05, 4.69) is 33.0 Å². The fourth-order valence-electron chi connectivity index (χ4n) is 3.83. The number of methoxy groups -OCH3 is 1. The molecule has 0 amide bonds. The number of benzene rings is 2. The third kappa shape index (κ3) is 4.43. The van der Waals surface area contributed by atoms with E-state index in [1.165, 1.54) is 0 Å².